The Morgan fingerprint density at radius 3 is 2.10 bits per heavy atom. The molecule has 0 fully saturated rings. The van der Waals surface area contributed by atoms with E-state index in [-0.39, 0.29) is 11.7 Å². The summed E-state index contributed by atoms with van der Waals surface area (Å²) in [6, 6.07) is 0. The number of carbonyl (C=O) groups is 1. The number of hydrogen-bond donors (Lipinski definition) is 2. The van der Waals surface area contributed by atoms with E-state index in [0.29, 0.717) is 25.9 Å². The number of hydrogen-bond acceptors (Lipinski definition) is 4. The molecule has 0 bridgehead atoms. The highest BCUT2D eigenvalue weighted by Gasteiger charge is 2.42. The lowest BCUT2D eigenvalue weighted by Gasteiger charge is -2.34. The maximum absolute atomic E-state index is 12.8. The van der Waals surface area contributed by atoms with Gasteiger partial charge in [-0.2, -0.15) is 0 Å². The van der Waals surface area contributed by atoms with Gasteiger partial charge in [-0.1, -0.05) is 19.0 Å². The second-order valence-corrected chi connectivity index (χ2v) is 5.32. The van der Waals surface area contributed by atoms with E-state index < -0.39 is 5.41 Å². The van der Waals surface area contributed by atoms with E-state index in [1.807, 2.05) is 34.9 Å². The van der Waals surface area contributed by atoms with Crippen molar-refractivity contribution in [3.63, 3.8) is 0 Å². The monoisotopic (exact) mass is 286 g/mol. The van der Waals surface area contributed by atoms with Gasteiger partial charge in [0, 0.05) is 13.1 Å². The summed E-state index contributed by atoms with van der Waals surface area (Å²) in [6.45, 7) is 8.00. The molecule has 0 atom stereocenters. The topological polar surface area (TPSA) is 82.2 Å². The van der Waals surface area contributed by atoms with Gasteiger partial charge < -0.3 is 20.7 Å². The number of amidine groups is 1. The molecule has 0 rings (SSSR count). The molecule has 0 aliphatic heterocycles. The highest BCUT2D eigenvalue weighted by Crippen LogP contribution is 2.29. The van der Waals surface area contributed by atoms with Crippen LogP contribution in [0.15, 0.2) is 5.16 Å². The minimum absolute atomic E-state index is 0.0126. The SMILES string of the molecule is CCN(CCCN(C)C)C(=O)C(CC)(CC)C(N)=NO. The maximum Gasteiger partial charge on any atom is 0.236 e. The average molecular weight is 286 g/mol. The summed E-state index contributed by atoms with van der Waals surface area (Å²) in [5.41, 5.74) is 4.90. The molecule has 0 unspecified atom stereocenters. The van der Waals surface area contributed by atoms with Crippen molar-refractivity contribution in [3.05, 3.63) is 0 Å². The van der Waals surface area contributed by atoms with Crippen LogP contribution in [0.5, 0.6) is 0 Å². The molecule has 0 saturated heterocycles. The van der Waals surface area contributed by atoms with Crippen LogP contribution < -0.4 is 5.73 Å². The summed E-state index contributed by atoms with van der Waals surface area (Å²) >= 11 is 0. The fourth-order valence-corrected chi connectivity index (χ4v) is 2.40. The highest BCUT2D eigenvalue weighted by molar-refractivity contribution is 6.06. The summed E-state index contributed by atoms with van der Waals surface area (Å²) < 4.78 is 0. The standard InChI is InChI=1S/C14H30N4O2/c1-6-14(7-2,12(15)16-20)13(19)18(8-3)11-9-10-17(4)5/h20H,6-11H2,1-5H3,(H2,15,16). The van der Waals surface area contributed by atoms with Crippen LogP contribution in [0.4, 0.5) is 0 Å². The molecule has 0 aromatic heterocycles. The van der Waals surface area contributed by atoms with Crippen LogP contribution in [0.3, 0.4) is 0 Å². The Balaban J connectivity index is 5.02. The molecule has 3 N–H and O–H groups in total. The van der Waals surface area contributed by atoms with Crippen molar-refractivity contribution in [2.45, 2.75) is 40.0 Å². The number of nitrogens with zero attached hydrogens (tertiary/aromatic N) is 3. The van der Waals surface area contributed by atoms with Crippen molar-refractivity contribution in [2.75, 3.05) is 33.7 Å². The second-order valence-electron chi connectivity index (χ2n) is 5.32. The number of oxime groups is 1. The molecular weight excluding hydrogens is 256 g/mol. The summed E-state index contributed by atoms with van der Waals surface area (Å²) in [4.78, 5) is 16.7. The number of amides is 1. The van der Waals surface area contributed by atoms with Gasteiger partial charge in [0.05, 0.1) is 0 Å². The highest BCUT2D eigenvalue weighted by atomic mass is 16.4. The molecule has 0 aliphatic carbocycles. The van der Waals surface area contributed by atoms with Gasteiger partial charge in [-0.15, -0.1) is 0 Å². The molecule has 6 nitrogen and oxygen atoms in total. The predicted molar refractivity (Wildman–Crippen MR) is 81.8 cm³/mol. The quantitative estimate of drug-likeness (QED) is 0.290. The third-order valence-corrected chi connectivity index (χ3v) is 3.92. The van der Waals surface area contributed by atoms with Crippen molar-refractivity contribution in [3.8, 4) is 0 Å². The molecule has 6 heteroatoms. The molecule has 0 aliphatic rings. The zero-order chi connectivity index (χ0) is 15.8. The van der Waals surface area contributed by atoms with Gasteiger partial charge in [0.25, 0.3) is 0 Å². The Morgan fingerprint density at radius 1 is 1.20 bits per heavy atom. The lowest BCUT2D eigenvalue weighted by atomic mass is 9.79. The van der Waals surface area contributed by atoms with E-state index in [9.17, 15) is 4.79 Å². The lowest BCUT2D eigenvalue weighted by Crippen LogP contribution is -2.51. The van der Waals surface area contributed by atoms with Crippen LogP contribution in [-0.4, -0.2) is 60.5 Å². The number of nitrogens with two attached hydrogens (primary N) is 1. The molecule has 0 spiro atoms. The minimum Gasteiger partial charge on any atom is -0.409 e. The molecule has 0 radical (unpaired) electrons. The molecule has 0 saturated carbocycles. The molecule has 118 valence electrons. The van der Waals surface area contributed by atoms with E-state index in [0.717, 1.165) is 13.0 Å². The zero-order valence-corrected chi connectivity index (χ0v) is 13.5. The lowest BCUT2D eigenvalue weighted by molar-refractivity contribution is -0.138. The molecule has 0 aromatic carbocycles. The molecule has 0 aromatic rings. The molecule has 20 heavy (non-hydrogen) atoms. The third kappa shape index (κ3) is 4.37. The van der Waals surface area contributed by atoms with Gasteiger partial charge in [-0.05, 0) is 46.8 Å². The third-order valence-electron chi connectivity index (χ3n) is 3.92. The summed E-state index contributed by atoms with van der Waals surface area (Å²) in [5, 5.41) is 12.1. The summed E-state index contributed by atoms with van der Waals surface area (Å²) in [5.74, 6) is -0.0300. The van der Waals surface area contributed by atoms with E-state index in [4.69, 9.17) is 10.9 Å². The first kappa shape index (κ1) is 18.7. The van der Waals surface area contributed by atoms with E-state index in [1.54, 1.807) is 4.90 Å². The van der Waals surface area contributed by atoms with Crippen LogP contribution in [0.1, 0.15) is 40.0 Å². The fourth-order valence-electron chi connectivity index (χ4n) is 2.40. The van der Waals surface area contributed by atoms with Crippen LogP contribution in [0, 0.1) is 5.41 Å². The fraction of sp³-hybridized carbons (Fsp3) is 0.857. The Morgan fingerprint density at radius 2 is 1.75 bits per heavy atom. The summed E-state index contributed by atoms with van der Waals surface area (Å²) in [6.07, 6.45) is 1.97. The van der Waals surface area contributed by atoms with Gasteiger partial charge in [-0.3, -0.25) is 4.79 Å². The van der Waals surface area contributed by atoms with Gasteiger partial charge in [-0.25, -0.2) is 0 Å². The van der Waals surface area contributed by atoms with Crippen LogP contribution in [0.2, 0.25) is 0 Å². The first-order valence-corrected chi connectivity index (χ1v) is 7.31. The van der Waals surface area contributed by atoms with Gasteiger partial charge in [0.15, 0.2) is 5.84 Å². The Kier molecular flexibility index (Phi) is 8.22. The Bertz CT molecular complexity index is 325. The Labute approximate surface area is 122 Å². The van der Waals surface area contributed by atoms with Crippen molar-refractivity contribution in [1.82, 2.24) is 9.80 Å². The summed E-state index contributed by atoms with van der Waals surface area (Å²) in [7, 11) is 4.02. The van der Waals surface area contributed by atoms with Crippen LogP contribution >= 0.6 is 0 Å². The van der Waals surface area contributed by atoms with Crippen molar-refractivity contribution >= 4 is 11.7 Å². The van der Waals surface area contributed by atoms with E-state index >= 15 is 0 Å². The van der Waals surface area contributed by atoms with E-state index in [1.165, 1.54) is 0 Å². The van der Waals surface area contributed by atoms with Gasteiger partial charge in [0.1, 0.15) is 5.41 Å². The minimum atomic E-state index is -0.886. The average Bonchev–Trinajstić information content (AvgIpc) is 2.44. The first-order chi connectivity index (χ1) is 9.39. The van der Waals surface area contributed by atoms with Crippen LogP contribution in [-0.2, 0) is 4.79 Å². The molecular formula is C14H30N4O2. The maximum atomic E-state index is 12.8. The Hall–Kier alpha value is -1.30. The second kappa shape index (κ2) is 8.79. The van der Waals surface area contributed by atoms with Gasteiger partial charge >= 0.3 is 0 Å². The predicted octanol–water partition coefficient (Wildman–Crippen LogP) is 1.34. The van der Waals surface area contributed by atoms with Crippen LogP contribution in [0.25, 0.3) is 0 Å². The first-order valence-electron chi connectivity index (χ1n) is 7.31. The molecule has 0 heterocycles. The number of rotatable bonds is 9. The molecule has 1 amide bonds. The van der Waals surface area contributed by atoms with Gasteiger partial charge in [0.2, 0.25) is 5.91 Å². The zero-order valence-electron chi connectivity index (χ0n) is 13.5. The smallest absolute Gasteiger partial charge is 0.236 e. The normalized spacial score (nSPS) is 12.8. The van der Waals surface area contributed by atoms with E-state index in [2.05, 4.69) is 10.1 Å². The van der Waals surface area contributed by atoms with Crippen molar-refractivity contribution in [1.29, 1.82) is 0 Å². The largest absolute Gasteiger partial charge is 0.409 e. The van der Waals surface area contributed by atoms with Crippen molar-refractivity contribution < 1.29 is 10.0 Å². The number of carbonyl (C=O) groups excluding carboxylic acids is 1. The van der Waals surface area contributed by atoms with Crippen molar-refractivity contribution in [2.24, 2.45) is 16.3 Å².